The Morgan fingerprint density at radius 1 is 1.54 bits per heavy atom. The Labute approximate surface area is 78.2 Å². The highest BCUT2D eigenvalue weighted by Gasteiger charge is 2.16. The molecule has 0 fully saturated rings. The van der Waals surface area contributed by atoms with E-state index in [1.54, 1.807) is 6.92 Å². The molecule has 2 N–H and O–H groups in total. The van der Waals surface area contributed by atoms with Crippen molar-refractivity contribution < 1.29 is 17.9 Å². The van der Waals surface area contributed by atoms with Crippen LogP contribution in [0.3, 0.4) is 0 Å². The number of hydrogen-bond acceptors (Lipinski definition) is 5. The second kappa shape index (κ2) is 5.18. The van der Waals surface area contributed by atoms with Gasteiger partial charge in [0.2, 0.25) is 0 Å². The highest BCUT2D eigenvalue weighted by molar-refractivity contribution is 7.90. The van der Waals surface area contributed by atoms with E-state index in [1.807, 2.05) is 0 Å². The third-order valence-corrected chi connectivity index (χ3v) is 2.37. The summed E-state index contributed by atoms with van der Waals surface area (Å²) in [6.07, 6.45) is 1.21. The van der Waals surface area contributed by atoms with Crippen LogP contribution in [0.1, 0.15) is 13.3 Å². The van der Waals surface area contributed by atoms with Crippen molar-refractivity contribution in [3.05, 3.63) is 0 Å². The minimum absolute atomic E-state index is 0.0903. The van der Waals surface area contributed by atoms with Gasteiger partial charge in [-0.15, -0.1) is 0 Å². The zero-order valence-corrected chi connectivity index (χ0v) is 8.63. The van der Waals surface area contributed by atoms with Crippen LogP contribution in [0.4, 0.5) is 0 Å². The van der Waals surface area contributed by atoms with Crippen molar-refractivity contribution >= 4 is 15.8 Å². The maximum absolute atomic E-state index is 10.9. The number of carbonyl (C=O) groups is 1. The topological polar surface area (TPSA) is 86.5 Å². The van der Waals surface area contributed by atoms with E-state index >= 15 is 0 Å². The van der Waals surface area contributed by atoms with Gasteiger partial charge in [-0.05, 0) is 13.3 Å². The number of sulfone groups is 1. The molecule has 0 unspecified atom stereocenters. The molecule has 0 rings (SSSR count). The molecule has 13 heavy (non-hydrogen) atoms. The molecule has 0 saturated heterocycles. The Balaban J connectivity index is 3.88. The van der Waals surface area contributed by atoms with E-state index in [0.29, 0.717) is 0 Å². The molecule has 0 radical (unpaired) electrons. The minimum Gasteiger partial charge on any atom is -0.465 e. The van der Waals surface area contributed by atoms with Crippen molar-refractivity contribution in [1.29, 1.82) is 0 Å². The molecule has 78 valence electrons. The number of ether oxygens (including phenoxy) is 1. The molecular weight excluding hydrogens is 194 g/mol. The summed E-state index contributed by atoms with van der Waals surface area (Å²) in [5.41, 5.74) is 5.37. The zero-order valence-electron chi connectivity index (χ0n) is 7.82. The zero-order chi connectivity index (χ0) is 10.5. The van der Waals surface area contributed by atoms with Crippen molar-refractivity contribution in [2.75, 3.05) is 18.6 Å². The number of esters is 1. The average Bonchev–Trinajstić information content (AvgIpc) is 1.99. The quantitative estimate of drug-likeness (QED) is 0.606. The lowest BCUT2D eigenvalue weighted by Crippen LogP contribution is -2.34. The predicted octanol–water partition coefficient (Wildman–Crippen LogP) is -0.688. The maximum atomic E-state index is 10.9. The first-order chi connectivity index (χ1) is 5.87. The standard InChI is InChI=1S/C7H15NO4S/c1-3-12-7(9)6(8)4-5-13(2,10)11/h6H,3-5,8H2,1-2H3/t6-/m0/s1. The lowest BCUT2D eigenvalue weighted by atomic mass is 10.2. The molecule has 1 atom stereocenters. The van der Waals surface area contributed by atoms with E-state index in [1.165, 1.54) is 0 Å². The molecule has 0 aromatic heterocycles. The second-order valence-electron chi connectivity index (χ2n) is 2.78. The van der Waals surface area contributed by atoms with Gasteiger partial charge in [0, 0.05) is 6.26 Å². The summed E-state index contributed by atoms with van der Waals surface area (Å²) < 4.78 is 26.0. The molecule has 0 heterocycles. The summed E-state index contributed by atoms with van der Waals surface area (Å²) in [7, 11) is -3.06. The third kappa shape index (κ3) is 6.53. The van der Waals surface area contributed by atoms with Gasteiger partial charge >= 0.3 is 5.97 Å². The van der Waals surface area contributed by atoms with E-state index in [2.05, 4.69) is 4.74 Å². The molecule has 6 heteroatoms. The highest BCUT2D eigenvalue weighted by atomic mass is 32.2. The maximum Gasteiger partial charge on any atom is 0.322 e. The Kier molecular flexibility index (Phi) is 4.94. The Bertz CT molecular complexity index is 260. The molecule has 0 aliphatic rings. The third-order valence-electron chi connectivity index (χ3n) is 1.39. The summed E-state index contributed by atoms with van der Waals surface area (Å²) in [5, 5.41) is 0. The van der Waals surface area contributed by atoms with E-state index in [0.717, 1.165) is 6.26 Å². The van der Waals surface area contributed by atoms with E-state index in [9.17, 15) is 13.2 Å². The van der Waals surface area contributed by atoms with Gasteiger partial charge in [-0.25, -0.2) is 8.42 Å². The van der Waals surface area contributed by atoms with Crippen LogP contribution in [0, 0.1) is 0 Å². The van der Waals surface area contributed by atoms with Gasteiger partial charge in [-0.1, -0.05) is 0 Å². The lowest BCUT2D eigenvalue weighted by molar-refractivity contribution is -0.144. The highest BCUT2D eigenvalue weighted by Crippen LogP contribution is 1.96. The minimum atomic E-state index is -3.06. The number of rotatable bonds is 5. The first-order valence-corrected chi connectivity index (χ1v) is 6.03. The number of carbonyl (C=O) groups excluding carboxylic acids is 1. The average molecular weight is 209 g/mol. The summed E-state index contributed by atoms with van der Waals surface area (Å²) in [6.45, 7) is 1.92. The Morgan fingerprint density at radius 2 is 2.08 bits per heavy atom. The van der Waals surface area contributed by atoms with Gasteiger partial charge in [0.05, 0.1) is 12.4 Å². The van der Waals surface area contributed by atoms with Gasteiger partial charge in [0.1, 0.15) is 15.9 Å². The van der Waals surface area contributed by atoms with E-state index in [4.69, 9.17) is 5.73 Å². The van der Waals surface area contributed by atoms with Crippen molar-refractivity contribution in [3.8, 4) is 0 Å². The van der Waals surface area contributed by atoms with Gasteiger partial charge in [-0.2, -0.15) is 0 Å². The molecule has 0 aliphatic heterocycles. The van der Waals surface area contributed by atoms with Crippen LogP contribution in [-0.2, 0) is 19.4 Å². The van der Waals surface area contributed by atoms with Gasteiger partial charge in [0.15, 0.2) is 0 Å². The molecule has 0 saturated carbocycles. The number of nitrogens with two attached hydrogens (primary N) is 1. The monoisotopic (exact) mass is 209 g/mol. The van der Waals surface area contributed by atoms with Crippen LogP contribution in [-0.4, -0.2) is 39.0 Å². The summed E-state index contributed by atoms with van der Waals surface area (Å²) in [5.74, 6) is -0.640. The van der Waals surface area contributed by atoms with Gasteiger partial charge < -0.3 is 10.5 Å². The van der Waals surface area contributed by atoms with E-state index in [-0.39, 0.29) is 18.8 Å². The van der Waals surface area contributed by atoms with Gasteiger partial charge in [0.25, 0.3) is 0 Å². The van der Waals surface area contributed by atoms with Crippen LogP contribution in [0.25, 0.3) is 0 Å². The summed E-state index contributed by atoms with van der Waals surface area (Å²) in [6, 6.07) is -0.838. The van der Waals surface area contributed by atoms with Crippen molar-refractivity contribution in [3.63, 3.8) is 0 Å². The fourth-order valence-corrected chi connectivity index (χ4v) is 1.39. The van der Waals surface area contributed by atoms with Crippen LogP contribution in [0.2, 0.25) is 0 Å². The SMILES string of the molecule is CCOC(=O)[C@@H](N)CCS(C)(=O)=O. The van der Waals surface area contributed by atoms with Crippen molar-refractivity contribution in [1.82, 2.24) is 0 Å². The Morgan fingerprint density at radius 3 is 2.46 bits per heavy atom. The summed E-state index contributed by atoms with van der Waals surface area (Å²) in [4.78, 5) is 10.9. The van der Waals surface area contributed by atoms with Crippen LogP contribution in [0.15, 0.2) is 0 Å². The molecular formula is C7H15NO4S. The normalized spacial score (nSPS) is 13.8. The molecule has 0 spiro atoms. The fourth-order valence-electron chi connectivity index (χ4n) is 0.708. The summed E-state index contributed by atoms with van der Waals surface area (Å²) >= 11 is 0. The second-order valence-corrected chi connectivity index (χ2v) is 5.04. The fraction of sp³-hybridized carbons (Fsp3) is 0.857. The van der Waals surface area contributed by atoms with Crippen LogP contribution in [0.5, 0.6) is 0 Å². The van der Waals surface area contributed by atoms with E-state index < -0.39 is 21.8 Å². The smallest absolute Gasteiger partial charge is 0.322 e. The molecule has 5 nitrogen and oxygen atoms in total. The number of hydrogen-bond donors (Lipinski definition) is 1. The first kappa shape index (κ1) is 12.4. The first-order valence-electron chi connectivity index (χ1n) is 3.96. The van der Waals surface area contributed by atoms with Crippen LogP contribution >= 0.6 is 0 Å². The molecule has 0 amide bonds. The van der Waals surface area contributed by atoms with Gasteiger partial charge in [-0.3, -0.25) is 4.79 Å². The largest absolute Gasteiger partial charge is 0.465 e. The molecule has 0 aromatic rings. The Hall–Kier alpha value is -0.620. The molecule has 0 aromatic carbocycles. The lowest BCUT2D eigenvalue weighted by Gasteiger charge is -2.08. The van der Waals surface area contributed by atoms with Crippen molar-refractivity contribution in [2.24, 2.45) is 5.73 Å². The molecule has 0 aliphatic carbocycles. The molecule has 0 bridgehead atoms. The predicted molar refractivity (Wildman–Crippen MR) is 48.9 cm³/mol. The van der Waals surface area contributed by atoms with Crippen molar-refractivity contribution in [2.45, 2.75) is 19.4 Å². The van der Waals surface area contributed by atoms with Crippen LogP contribution < -0.4 is 5.73 Å².